The van der Waals surface area contributed by atoms with Crippen molar-refractivity contribution in [3.05, 3.63) is 65.9 Å². The molecule has 1 aromatic heterocycles. The van der Waals surface area contributed by atoms with E-state index in [-0.39, 0.29) is 6.61 Å². The summed E-state index contributed by atoms with van der Waals surface area (Å²) in [6.45, 7) is 2.03. The Kier molecular flexibility index (Phi) is 4.53. The van der Waals surface area contributed by atoms with Crippen molar-refractivity contribution in [3.63, 3.8) is 0 Å². The zero-order valence-corrected chi connectivity index (χ0v) is 13.6. The van der Waals surface area contributed by atoms with E-state index in [1.807, 2.05) is 49.5 Å². The van der Waals surface area contributed by atoms with Gasteiger partial charge in [-0.15, -0.1) is 0 Å². The molecule has 120 valence electrons. The lowest BCUT2D eigenvalue weighted by molar-refractivity contribution is 0.196. The Morgan fingerprint density at radius 2 is 1.91 bits per heavy atom. The number of aryl methyl sites for hydroxylation is 1. The molecule has 0 bridgehead atoms. The van der Waals surface area contributed by atoms with Crippen molar-refractivity contribution in [3.8, 4) is 5.75 Å². The minimum absolute atomic E-state index is 0.0123. The highest BCUT2D eigenvalue weighted by Gasteiger charge is 2.24. The van der Waals surface area contributed by atoms with Crippen LogP contribution in [-0.2, 0) is 22.1 Å². The Hall–Kier alpha value is -2.07. The molecule has 0 amide bonds. The number of H-pyrrole nitrogens is 1. The summed E-state index contributed by atoms with van der Waals surface area (Å²) in [7, 11) is -4.20. The molecule has 0 fully saturated rings. The summed E-state index contributed by atoms with van der Waals surface area (Å²) in [6.07, 6.45) is 2.67. The van der Waals surface area contributed by atoms with Crippen molar-refractivity contribution in [2.24, 2.45) is 0 Å². The number of hydrogen-bond acceptors (Lipinski definition) is 3. The SMILES string of the molecule is CCc1c[nH]c2cccc(OP(=O)(O)OCc3ccccc3)c12. The molecule has 0 saturated carbocycles. The van der Waals surface area contributed by atoms with Crippen LogP contribution in [0.25, 0.3) is 10.9 Å². The Morgan fingerprint density at radius 3 is 2.65 bits per heavy atom. The Bertz CT molecular complexity index is 844. The van der Waals surface area contributed by atoms with Crippen LogP contribution in [0.4, 0.5) is 0 Å². The molecule has 5 nitrogen and oxygen atoms in total. The van der Waals surface area contributed by atoms with E-state index in [4.69, 9.17) is 9.05 Å². The number of aromatic amines is 1. The maximum atomic E-state index is 12.2. The first-order valence-electron chi connectivity index (χ1n) is 7.39. The first-order chi connectivity index (χ1) is 11.1. The van der Waals surface area contributed by atoms with Crippen molar-refractivity contribution in [2.45, 2.75) is 20.0 Å². The fourth-order valence-corrected chi connectivity index (χ4v) is 3.22. The molecule has 23 heavy (non-hydrogen) atoms. The molecular weight excluding hydrogens is 313 g/mol. The zero-order valence-electron chi connectivity index (χ0n) is 12.7. The van der Waals surface area contributed by atoms with E-state index in [1.165, 1.54) is 0 Å². The molecular formula is C17H18NO4P. The van der Waals surface area contributed by atoms with Gasteiger partial charge in [0.15, 0.2) is 0 Å². The molecule has 2 N–H and O–H groups in total. The third-order valence-corrected chi connectivity index (χ3v) is 4.46. The van der Waals surface area contributed by atoms with E-state index in [0.29, 0.717) is 5.75 Å². The molecule has 2 aromatic carbocycles. The normalized spacial score (nSPS) is 13.8. The van der Waals surface area contributed by atoms with Gasteiger partial charge in [-0.1, -0.05) is 43.3 Å². The monoisotopic (exact) mass is 331 g/mol. The molecule has 3 rings (SSSR count). The van der Waals surface area contributed by atoms with Gasteiger partial charge in [-0.2, -0.15) is 0 Å². The number of benzene rings is 2. The molecule has 0 aliphatic rings. The van der Waals surface area contributed by atoms with E-state index in [1.54, 1.807) is 12.1 Å². The predicted molar refractivity (Wildman–Crippen MR) is 89.4 cm³/mol. The van der Waals surface area contributed by atoms with Crippen molar-refractivity contribution in [1.29, 1.82) is 0 Å². The lowest BCUT2D eigenvalue weighted by atomic mass is 10.1. The van der Waals surface area contributed by atoms with Gasteiger partial charge in [0, 0.05) is 17.1 Å². The van der Waals surface area contributed by atoms with Gasteiger partial charge in [0.25, 0.3) is 0 Å². The van der Waals surface area contributed by atoms with Crippen LogP contribution in [0.5, 0.6) is 5.75 Å². The molecule has 0 spiro atoms. The van der Waals surface area contributed by atoms with E-state index in [2.05, 4.69) is 4.98 Å². The lowest BCUT2D eigenvalue weighted by Gasteiger charge is -2.14. The van der Waals surface area contributed by atoms with Crippen LogP contribution in [0.3, 0.4) is 0 Å². The van der Waals surface area contributed by atoms with Crippen LogP contribution in [0, 0.1) is 0 Å². The van der Waals surface area contributed by atoms with Crippen LogP contribution in [-0.4, -0.2) is 9.88 Å². The van der Waals surface area contributed by atoms with E-state index in [0.717, 1.165) is 28.5 Å². The molecule has 1 atom stereocenters. The average Bonchev–Trinajstić information content (AvgIpc) is 2.98. The molecule has 0 aliphatic carbocycles. The summed E-state index contributed by atoms with van der Waals surface area (Å²) in [4.78, 5) is 13.1. The van der Waals surface area contributed by atoms with Crippen LogP contribution >= 0.6 is 7.82 Å². The minimum atomic E-state index is -4.20. The van der Waals surface area contributed by atoms with Crippen LogP contribution < -0.4 is 4.52 Å². The topological polar surface area (TPSA) is 71.6 Å². The van der Waals surface area contributed by atoms with Crippen LogP contribution in [0.2, 0.25) is 0 Å². The van der Waals surface area contributed by atoms with Crippen molar-refractivity contribution >= 4 is 18.7 Å². The summed E-state index contributed by atoms with van der Waals surface area (Å²) in [5, 5.41) is 0.813. The molecule has 0 saturated heterocycles. The van der Waals surface area contributed by atoms with Crippen molar-refractivity contribution in [1.82, 2.24) is 4.98 Å². The summed E-state index contributed by atoms with van der Waals surface area (Å²) in [5.41, 5.74) is 2.69. The average molecular weight is 331 g/mol. The smallest absolute Gasteiger partial charge is 0.403 e. The van der Waals surface area contributed by atoms with Crippen LogP contribution in [0.1, 0.15) is 18.1 Å². The van der Waals surface area contributed by atoms with E-state index >= 15 is 0 Å². The first kappa shape index (κ1) is 15.8. The summed E-state index contributed by atoms with van der Waals surface area (Å²) in [6, 6.07) is 14.5. The predicted octanol–water partition coefficient (Wildman–Crippen LogP) is 4.43. The van der Waals surface area contributed by atoms with E-state index in [9.17, 15) is 9.46 Å². The largest absolute Gasteiger partial charge is 0.527 e. The van der Waals surface area contributed by atoms with Gasteiger partial charge in [0.05, 0.1) is 6.61 Å². The van der Waals surface area contributed by atoms with Gasteiger partial charge in [-0.05, 0) is 29.7 Å². The molecule has 6 heteroatoms. The number of phosphoric ester groups is 1. The number of rotatable bonds is 6. The molecule has 1 unspecified atom stereocenters. The van der Waals surface area contributed by atoms with Gasteiger partial charge >= 0.3 is 7.82 Å². The van der Waals surface area contributed by atoms with Crippen molar-refractivity contribution in [2.75, 3.05) is 0 Å². The quantitative estimate of drug-likeness (QED) is 0.656. The molecule has 3 aromatic rings. The number of phosphoric acid groups is 1. The Morgan fingerprint density at radius 1 is 1.13 bits per heavy atom. The highest BCUT2D eigenvalue weighted by atomic mass is 31.2. The van der Waals surface area contributed by atoms with Crippen LogP contribution in [0.15, 0.2) is 54.7 Å². The maximum absolute atomic E-state index is 12.2. The number of hydrogen-bond donors (Lipinski definition) is 2. The van der Waals surface area contributed by atoms with Gasteiger partial charge in [-0.3, -0.25) is 9.42 Å². The Balaban J connectivity index is 1.80. The van der Waals surface area contributed by atoms with Gasteiger partial charge in [0.2, 0.25) is 0 Å². The fraction of sp³-hybridized carbons (Fsp3) is 0.176. The van der Waals surface area contributed by atoms with Gasteiger partial charge in [0.1, 0.15) is 5.75 Å². The Labute approximate surface area is 134 Å². The second-order valence-corrected chi connectivity index (χ2v) is 6.54. The minimum Gasteiger partial charge on any atom is -0.403 e. The zero-order chi connectivity index (χ0) is 16.3. The second kappa shape index (κ2) is 6.59. The number of nitrogens with one attached hydrogen (secondary N) is 1. The molecule has 0 radical (unpaired) electrons. The third kappa shape index (κ3) is 3.64. The summed E-state index contributed by atoms with van der Waals surface area (Å²) >= 11 is 0. The van der Waals surface area contributed by atoms with E-state index < -0.39 is 7.82 Å². The van der Waals surface area contributed by atoms with Gasteiger partial charge in [-0.25, -0.2) is 4.57 Å². The standard InChI is InChI=1S/C17H18NO4P/c1-2-14-11-18-15-9-6-10-16(17(14)15)22-23(19,20)21-12-13-7-4-3-5-8-13/h3-11,18H,2,12H2,1H3,(H,19,20). The summed E-state index contributed by atoms with van der Waals surface area (Å²) in [5.74, 6) is 0.347. The van der Waals surface area contributed by atoms with Crippen molar-refractivity contribution < 1.29 is 18.5 Å². The number of aromatic nitrogens is 1. The molecule has 0 aliphatic heterocycles. The fourth-order valence-electron chi connectivity index (χ4n) is 2.46. The molecule has 1 heterocycles. The maximum Gasteiger partial charge on any atom is 0.527 e. The highest BCUT2D eigenvalue weighted by molar-refractivity contribution is 7.47. The third-order valence-electron chi connectivity index (χ3n) is 3.58. The van der Waals surface area contributed by atoms with Gasteiger partial charge < -0.3 is 9.51 Å². The first-order valence-corrected chi connectivity index (χ1v) is 8.88. The second-order valence-electron chi connectivity index (χ2n) is 5.17. The highest BCUT2D eigenvalue weighted by Crippen LogP contribution is 2.47. The summed E-state index contributed by atoms with van der Waals surface area (Å²) < 4.78 is 22.6. The lowest BCUT2D eigenvalue weighted by Crippen LogP contribution is -1.98. The number of fused-ring (bicyclic) bond motifs is 1.